The Hall–Kier alpha value is -6.31. The number of phenols is 1. The Morgan fingerprint density at radius 1 is 0.941 bits per heavy atom. The van der Waals surface area contributed by atoms with Crippen LogP contribution < -0.4 is 26.4 Å². The van der Waals surface area contributed by atoms with E-state index in [0.29, 0.717) is 68.1 Å². The fourth-order valence-electron chi connectivity index (χ4n) is 6.01. The molecule has 0 bridgehead atoms. The first-order valence-corrected chi connectivity index (χ1v) is 16.7. The highest BCUT2D eigenvalue weighted by Gasteiger charge is 2.45. The monoisotopic (exact) mass is 691 g/mol. The maximum absolute atomic E-state index is 13.2. The Kier molecular flexibility index (Phi) is 10.5. The van der Waals surface area contributed by atoms with Crippen LogP contribution in [-0.4, -0.2) is 68.9 Å². The Bertz CT molecular complexity index is 1980. The van der Waals surface area contributed by atoms with Crippen molar-refractivity contribution in [2.24, 2.45) is 0 Å². The van der Waals surface area contributed by atoms with E-state index in [2.05, 4.69) is 26.1 Å². The van der Waals surface area contributed by atoms with Crippen LogP contribution in [0.15, 0.2) is 72.8 Å². The van der Waals surface area contributed by atoms with Crippen molar-refractivity contribution in [1.82, 2.24) is 25.7 Å². The molecular formula is C37H37N7O7. The summed E-state index contributed by atoms with van der Waals surface area (Å²) in [6, 6.07) is 20.2. The lowest BCUT2D eigenvalue weighted by Gasteiger charge is -2.27. The lowest BCUT2D eigenvalue weighted by molar-refractivity contribution is -0.136. The number of para-hydroxylation sites is 1. The molecule has 1 atom stereocenters. The fourth-order valence-corrected chi connectivity index (χ4v) is 6.01. The summed E-state index contributed by atoms with van der Waals surface area (Å²) in [5.41, 5.74) is 9.83. The van der Waals surface area contributed by atoms with E-state index < -0.39 is 29.7 Å². The molecule has 1 aromatic heterocycles. The third-order valence-electron chi connectivity index (χ3n) is 8.74. The number of benzene rings is 3. The van der Waals surface area contributed by atoms with E-state index in [1.54, 1.807) is 48.5 Å². The molecule has 1 fully saturated rings. The van der Waals surface area contributed by atoms with Gasteiger partial charge in [0.25, 0.3) is 11.8 Å². The number of hydrogen-bond acceptors (Lipinski definition) is 11. The van der Waals surface area contributed by atoms with Gasteiger partial charge in [0.1, 0.15) is 17.5 Å². The maximum atomic E-state index is 13.2. The fraction of sp³-hybridized carbons (Fsp3) is 0.270. The SMILES string of the molecule is Nc1nnc(-c2ccccc2O)cc1OCCc1ccc(CNC(=O)CCCCNc2cccc3c2C(=O)N(C2CCC(=O)NC2=O)C3=O)cc1. The van der Waals surface area contributed by atoms with Crippen LogP contribution in [0.2, 0.25) is 0 Å². The van der Waals surface area contributed by atoms with Crippen molar-refractivity contribution in [3.63, 3.8) is 0 Å². The molecule has 2 aliphatic heterocycles. The van der Waals surface area contributed by atoms with E-state index >= 15 is 0 Å². The Balaban J connectivity index is 0.903. The minimum Gasteiger partial charge on any atom is -0.507 e. The van der Waals surface area contributed by atoms with Crippen LogP contribution in [0.5, 0.6) is 11.5 Å². The number of rotatable bonds is 14. The normalized spacial score (nSPS) is 15.4. The number of carbonyl (C=O) groups is 5. The number of piperidine rings is 1. The van der Waals surface area contributed by atoms with Crippen LogP contribution in [0.3, 0.4) is 0 Å². The number of nitrogen functional groups attached to an aromatic ring is 1. The third kappa shape index (κ3) is 7.96. The van der Waals surface area contributed by atoms with Crippen molar-refractivity contribution in [2.75, 3.05) is 24.2 Å². The highest BCUT2D eigenvalue weighted by molar-refractivity contribution is 6.25. The summed E-state index contributed by atoms with van der Waals surface area (Å²) in [6.07, 6.45) is 2.33. The zero-order valence-electron chi connectivity index (χ0n) is 27.7. The van der Waals surface area contributed by atoms with E-state index in [9.17, 15) is 29.1 Å². The minimum atomic E-state index is -1.02. The van der Waals surface area contributed by atoms with Crippen LogP contribution in [0.1, 0.15) is 63.9 Å². The van der Waals surface area contributed by atoms with Crippen molar-refractivity contribution in [1.29, 1.82) is 0 Å². The number of hydrogen-bond donors (Lipinski definition) is 5. The predicted octanol–water partition coefficient (Wildman–Crippen LogP) is 3.35. The number of fused-ring (bicyclic) bond motifs is 1. The molecule has 1 unspecified atom stereocenters. The lowest BCUT2D eigenvalue weighted by Crippen LogP contribution is -2.54. The van der Waals surface area contributed by atoms with Gasteiger partial charge in [0.05, 0.1) is 17.7 Å². The van der Waals surface area contributed by atoms with Crippen molar-refractivity contribution < 1.29 is 33.8 Å². The number of ether oxygens (including phenoxy) is 1. The number of unbranched alkanes of at least 4 members (excludes halogenated alkanes) is 1. The van der Waals surface area contributed by atoms with Gasteiger partial charge in [-0.2, -0.15) is 0 Å². The highest BCUT2D eigenvalue weighted by atomic mass is 16.5. The summed E-state index contributed by atoms with van der Waals surface area (Å²) in [5.74, 6) is -1.66. The van der Waals surface area contributed by atoms with Gasteiger partial charge >= 0.3 is 0 Å². The number of amides is 5. The van der Waals surface area contributed by atoms with Crippen molar-refractivity contribution >= 4 is 41.0 Å². The van der Waals surface area contributed by atoms with Crippen molar-refractivity contribution in [3.8, 4) is 22.8 Å². The van der Waals surface area contributed by atoms with E-state index in [-0.39, 0.29) is 41.4 Å². The van der Waals surface area contributed by atoms with E-state index in [1.165, 1.54) is 0 Å². The molecule has 262 valence electrons. The van der Waals surface area contributed by atoms with E-state index in [0.717, 1.165) is 16.0 Å². The van der Waals surface area contributed by atoms with Gasteiger partial charge in [0.15, 0.2) is 11.6 Å². The zero-order valence-corrected chi connectivity index (χ0v) is 27.7. The first-order valence-electron chi connectivity index (χ1n) is 16.7. The molecule has 6 N–H and O–H groups in total. The van der Waals surface area contributed by atoms with Gasteiger partial charge in [-0.15, -0.1) is 10.2 Å². The summed E-state index contributed by atoms with van der Waals surface area (Å²) in [6.45, 7) is 1.21. The molecule has 51 heavy (non-hydrogen) atoms. The van der Waals surface area contributed by atoms with Crippen LogP contribution in [0.25, 0.3) is 11.3 Å². The zero-order chi connectivity index (χ0) is 35.9. The second-order valence-corrected chi connectivity index (χ2v) is 12.2. The third-order valence-corrected chi connectivity index (χ3v) is 8.74. The molecule has 2 aliphatic rings. The van der Waals surface area contributed by atoms with Gasteiger partial charge in [-0.05, 0) is 54.7 Å². The molecule has 0 saturated carbocycles. The Labute approximate surface area is 293 Å². The number of aromatic hydroxyl groups is 1. The highest BCUT2D eigenvalue weighted by Crippen LogP contribution is 2.33. The van der Waals surface area contributed by atoms with Crippen molar-refractivity contribution in [3.05, 3.63) is 95.1 Å². The summed E-state index contributed by atoms with van der Waals surface area (Å²) in [5, 5.41) is 26.5. The molecule has 4 aromatic rings. The molecule has 5 amide bonds. The summed E-state index contributed by atoms with van der Waals surface area (Å²) >= 11 is 0. The average molecular weight is 692 g/mol. The van der Waals surface area contributed by atoms with Crippen LogP contribution >= 0.6 is 0 Å². The van der Waals surface area contributed by atoms with Gasteiger partial charge in [-0.1, -0.05) is 42.5 Å². The largest absolute Gasteiger partial charge is 0.507 e. The predicted molar refractivity (Wildman–Crippen MR) is 186 cm³/mol. The van der Waals surface area contributed by atoms with Gasteiger partial charge in [0.2, 0.25) is 17.7 Å². The molecular weight excluding hydrogens is 654 g/mol. The van der Waals surface area contributed by atoms with Crippen LogP contribution in [0.4, 0.5) is 11.5 Å². The number of imide groups is 2. The molecule has 0 spiro atoms. The Morgan fingerprint density at radius 2 is 1.71 bits per heavy atom. The summed E-state index contributed by atoms with van der Waals surface area (Å²) in [7, 11) is 0. The van der Waals surface area contributed by atoms with Gasteiger partial charge < -0.3 is 26.2 Å². The minimum absolute atomic E-state index is 0.0549. The molecule has 14 heteroatoms. The maximum Gasteiger partial charge on any atom is 0.264 e. The molecule has 6 rings (SSSR count). The number of nitrogens with zero attached hydrogens (tertiary/aromatic N) is 3. The molecule has 14 nitrogen and oxygen atoms in total. The van der Waals surface area contributed by atoms with E-state index in [1.807, 2.05) is 24.3 Å². The second-order valence-electron chi connectivity index (χ2n) is 12.2. The van der Waals surface area contributed by atoms with Crippen LogP contribution in [-0.2, 0) is 27.3 Å². The number of anilines is 2. The molecule has 0 aliphatic carbocycles. The number of carbonyl (C=O) groups excluding carboxylic acids is 5. The standard InChI is InChI=1S/C37H37N7O7/c38-34-30(20-27(42-43-34)24-6-1-2-9-29(24)45)51-19-17-22-11-13-23(14-12-22)21-40-31(46)10-3-4-18-39-26-8-5-7-25-33(26)37(50)44(36(25)49)28-15-16-32(47)41-35(28)48/h1-2,5-9,11-14,20,28,39,45H,3-4,10,15-19,21H2,(H2,38,43)(H,40,46)(H,41,47,48). The van der Waals surface area contributed by atoms with Gasteiger partial charge in [-0.25, -0.2) is 0 Å². The van der Waals surface area contributed by atoms with Gasteiger partial charge in [-0.3, -0.25) is 34.2 Å². The number of aromatic nitrogens is 2. The van der Waals surface area contributed by atoms with E-state index in [4.69, 9.17) is 10.5 Å². The van der Waals surface area contributed by atoms with Crippen molar-refractivity contribution in [2.45, 2.75) is 51.1 Å². The molecule has 1 saturated heterocycles. The smallest absolute Gasteiger partial charge is 0.264 e. The summed E-state index contributed by atoms with van der Waals surface area (Å²) < 4.78 is 5.87. The molecule has 3 heterocycles. The molecule has 0 radical (unpaired) electrons. The average Bonchev–Trinajstić information content (AvgIpc) is 3.38. The second kappa shape index (κ2) is 15.5. The first-order chi connectivity index (χ1) is 24.7. The number of phenolic OH excluding ortho intramolecular Hbond substituents is 1. The quantitative estimate of drug-likeness (QED) is 0.0958. The Morgan fingerprint density at radius 3 is 2.49 bits per heavy atom. The lowest BCUT2D eigenvalue weighted by atomic mass is 10.0. The number of nitrogens with two attached hydrogens (primary N) is 1. The topological polar surface area (TPSA) is 206 Å². The first kappa shape index (κ1) is 34.5. The van der Waals surface area contributed by atoms with Gasteiger partial charge in [0, 0.05) is 49.7 Å². The number of nitrogens with one attached hydrogen (secondary N) is 3. The molecule has 3 aromatic carbocycles. The summed E-state index contributed by atoms with van der Waals surface area (Å²) in [4.78, 5) is 63.6. The van der Waals surface area contributed by atoms with Crippen LogP contribution in [0, 0.1) is 0 Å².